The van der Waals surface area contributed by atoms with E-state index in [1.54, 1.807) is 36.4 Å². The van der Waals surface area contributed by atoms with Gasteiger partial charge in [-0.05, 0) is 70.2 Å². The summed E-state index contributed by atoms with van der Waals surface area (Å²) in [6.07, 6.45) is 1.89. The van der Waals surface area contributed by atoms with Crippen LogP contribution in [0.5, 0.6) is 0 Å². The Hall–Kier alpha value is -1.93. The smallest absolute Gasteiger partial charge is 0.243 e. The van der Waals surface area contributed by atoms with E-state index in [4.69, 9.17) is 0 Å². The van der Waals surface area contributed by atoms with Gasteiger partial charge in [-0.25, -0.2) is 8.42 Å². The van der Waals surface area contributed by atoms with Crippen molar-refractivity contribution < 1.29 is 18.0 Å². The molecule has 1 atom stereocenters. The highest BCUT2D eigenvalue weighted by atomic mass is 32.2. The van der Waals surface area contributed by atoms with Gasteiger partial charge in [0.1, 0.15) is 6.54 Å². The van der Waals surface area contributed by atoms with Gasteiger partial charge >= 0.3 is 0 Å². The average Bonchev–Trinajstić information content (AvgIpc) is 2.81. The number of fused-ring (bicyclic) bond motifs is 1. The number of sulfonamides is 1. The van der Waals surface area contributed by atoms with Crippen LogP contribution in [0.4, 0.5) is 5.69 Å². The van der Waals surface area contributed by atoms with Crippen LogP contribution in [0, 0.1) is 5.92 Å². The first kappa shape index (κ1) is 21.8. The van der Waals surface area contributed by atoms with E-state index in [1.165, 1.54) is 4.90 Å². The van der Waals surface area contributed by atoms with Gasteiger partial charge in [0.05, 0.1) is 10.3 Å². The Labute approximate surface area is 173 Å². The van der Waals surface area contributed by atoms with E-state index in [-0.39, 0.29) is 29.3 Å². The zero-order chi connectivity index (χ0) is 21.6. The Balaban J connectivity index is 1.95. The molecule has 0 saturated carbocycles. The molecule has 0 radical (unpaired) electrons. The number of hydrogen-bond donors (Lipinski definition) is 1. The summed E-state index contributed by atoms with van der Waals surface area (Å²) in [5.41, 5.74) is 0.351. The van der Waals surface area contributed by atoms with Crippen LogP contribution in [0.15, 0.2) is 23.1 Å². The summed E-state index contributed by atoms with van der Waals surface area (Å²) in [6.45, 7) is 10.3. The fourth-order valence-corrected chi connectivity index (χ4v) is 5.78. The predicted octanol–water partition coefficient (Wildman–Crippen LogP) is 2.26. The van der Waals surface area contributed by atoms with Crippen LogP contribution in [-0.4, -0.2) is 50.2 Å². The molecule has 2 heterocycles. The Morgan fingerprint density at radius 2 is 2.00 bits per heavy atom. The molecule has 1 saturated heterocycles. The topological polar surface area (TPSA) is 86.8 Å². The second-order valence-electron chi connectivity index (χ2n) is 9.03. The third-order valence-electron chi connectivity index (χ3n) is 5.72. The summed E-state index contributed by atoms with van der Waals surface area (Å²) >= 11 is 0. The molecule has 0 bridgehead atoms. The summed E-state index contributed by atoms with van der Waals surface area (Å²) in [7, 11) is -3.62. The highest BCUT2D eigenvalue weighted by Gasteiger charge is 2.45. The van der Waals surface area contributed by atoms with E-state index < -0.39 is 15.4 Å². The molecule has 0 aromatic heterocycles. The van der Waals surface area contributed by atoms with E-state index in [1.807, 2.05) is 13.8 Å². The van der Waals surface area contributed by atoms with Gasteiger partial charge in [0.25, 0.3) is 0 Å². The van der Waals surface area contributed by atoms with Gasteiger partial charge in [0, 0.05) is 24.8 Å². The van der Waals surface area contributed by atoms with Gasteiger partial charge in [-0.2, -0.15) is 4.31 Å². The van der Waals surface area contributed by atoms with E-state index in [0.717, 1.165) is 12.8 Å². The molecular formula is C21H31N3O4S. The van der Waals surface area contributed by atoms with Crippen molar-refractivity contribution in [3.8, 4) is 0 Å². The van der Waals surface area contributed by atoms with Crippen LogP contribution >= 0.6 is 0 Å². The lowest BCUT2D eigenvalue weighted by Crippen LogP contribution is -2.44. The second-order valence-corrected chi connectivity index (χ2v) is 11.0. The fraction of sp³-hybridized carbons (Fsp3) is 0.619. The molecule has 29 heavy (non-hydrogen) atoms. The first-order valence-electron chi connectivity index (χ1n) is 10.2. The number of nitrogens with one attached hydrogen (secondary N) is 1. The normalized spacial score (nSPS) is 22.1. The number of nitrogens with zero attached hydrogens (tertiary/aromatic N) is 2. The van der Waals surface area contributed by atoms with Gasteiger partial charge < -0.3 is 10.2 Å². The van der Waals surface area contributed by atoms with Crippen molar-refractivity contribution in [1.82, 2.24) is 9.62 Å². The molecule has 1 fully saturated rings. The van der Waals surface area contributed by atoms with Crippen LogP contribution in [0.3, 0.4) is 0 Å². The van der Waals surface area contributed by atoms with Gasteiger partial charge in [-0.3, -0.25) is 9.59 Å². The van der Waals surface area contributed by atoms with Crippen molar-refractivity contribution >= 4 is 27.5 Å². The predicted molar refractivity (Wildman–Crippen MR) is 112 cm³/mol. The molecule has 0 aliphatic carbocycles. The number of piperidine rings is 1. The summed E-state index contributed by atoms with van der Waals surface area (Å²) in [5, 5.41) is 2.80. The van der Waals surface area contributed by atoms with E-state index in [2.05, 4.69) is 12.2 Å². The third kappa shape index (κ3) is 4.05. The molecule has 1 aromatic carbocycles. The van der Waals surface area contributed by atoms with Crippen LogP contribution in [0.25, 0.3) is 0 Å². The van der Waals surface area contributed by atoms with Crippen molar-refractivity contribution in [3.63, 3.8) is 0 Å². The van der Waals surface area contributed by atoms with E-state index in [0.29, 0.717) is 30.3 Å². The number of carbonyl (C=O) groups excluding carboxylic acids is 2. The van der Waals surface area contributed by atoms with Gasteiger partial charge in [-0.1, -0.05) is 6.92 Å². The average molecular weight is 422 g/mol. The van der Waals surface area contributed by atoms with Crippen molar-refractivity contribution in [2.24, 2.45) is 5.92 Å². The van der Waals surface area contributed by atoms with Gasteiger partial charge in [0.2, 0.25) is 21.8 Å². The Kier molecular flexibility index (Phi) is 5.80. The lowest BCUT2D eigenvalue weighted by molar-refractivity contribution is -0.125. The second kappa shape index (κ2) is 7.72. The zero-order valence-electron chi connectivity index (χ0n) is 17.9. The number of rotatable bonds is 5. The number of hydrogen-bond acceptors (Lipinski definition) is 4. The van der Waals surface area contributed by atoms with Gasteiger partial charge in [-0.15, -0.1) is 0 Å². The quantitative estimate of drug-likeness (QED) is 0.790. The number of amides is 2. The zero-order valence-corrected chi connectivity index (χ0v) is 18.7. The molecule has 1 aromatic rings. The Morgan fingerprint density at radius 1 is 1.31 bits per heavy atom. The van der Waals surface area contributed by atoms with Crippen molar-refractivity contribution in [3.05, 3.63) is 23.8 Å². The van der Waals surface area contributed by atoms with E-state index in [9.17, 15) is 18.0 Å². The van der Waals surface area contributed by atoms with Crippen LogP contribution in [0.1, 0.15) is 53.0 Å². The minimum absolute atomic E-state index is 0.0212. The number of anilines is 1. The Bertz CT molecular complexity index is 924. The SMILES string of the molecule is CC1CCCN(S(=O)(=O)c2ccc3c(c2)C(C)(C)C(=O)N3CC(=O)NC(C)C)C1. The first-order chi connectivity index (χ1) is 13.4. The molecule has 2 amide bonds. The number of benzene rings is 1. The molecule has 2 aliphatic heterocycles. The fourth-order valence-electron chi connectivity index (χ4n) is 4.16. The minimum Gasteiger partial charge on any atom is -0.352 e. The maximum atomic E-state index is 13.2. The molecule has 8 heteroatoms. The molecular weight excluding hydrogens is 390 g/mol. The maximum absolute atomic E-state index is 13.2. The lowest BCUT2D eigenvalue weighted by Gasteiger charge is -2.30. The largest absolute Gasteiger partial charge is 0.352 e. The Morgan fingerprint density at radius 3 is 2.62 bits per heavy atom. The monoisotopic (exact) mass is 421 g/mol. The van der Waals surface area contributed by atoms with Crippen LogP contribution in [-0.2, 0) is 25.0 Å². The summed E-state index contributed by atoms with van der Waals surface area (Å²) < 4.78 is 27.9. The minimum atomic E-state index is -3.62. The van der Waals surface area contributed by atoms with Crippen LogP contribution < -0.4 is 10.2 Å². The molecule has 0 spiro atoms. The first-order valence-corrected chi connectivity index (χ1v) is 11.6. The summed E-state index contributed by atoms with van der Waals surface area (Å²) in [6, 6.07) is 4.80. The lowest BCUT2D eigenvalue weighted by atomic mass is 9.86. The van der Waals surface area contributed by atoms with Crippen molar-refractivity contribution in [2.75, 3.05) is 24.5 Å². The molecule has 1 N–H and O–H groups in total. The molecule has 1 unspecified atom stereocenters. The molecule has 160 valence electrons. The number of carbonyl (C=O) groups is 2. The van der Waals surface area contributed by atoms with E-state index >= 15 is 0 Å². The van der Waals surface area contributed by atoms with Gasteiger partial charge in [0.15, 0.2) is 0 Å². The highest BCUT2D eigenvalue weighted by molar-refractivity contribution is 7.89. The third-order valence-corrected chi connectivity index (χ3v) is 7.58. The highest BCUT2D eigenvalue weighted by Crippen LogP contribution is 2.42. The van der Waals surface area contributed by atoms with Crippen molar-refractivity contribution in [2.45, 2.75) is 63.8 Å². The maximum Gasteiger partial charge on any atom is 0.243 e. The summed E-state index contributed by atoms with van der Waals surface area (Å²) in [5.74, 6) is -0.107. The van der Waals surface area contributed by atoms with Crippen LogP contribution in [0.2, 0.25) is 0 Å². The standard InChI is InChI=1S/C21H31N3O4S/c1-14(2)22-19(25)13-24-18-9-8-16(11-17(18)21(4,5)20(24)26)29(27,28)23-10-6-7-15(3)12-23/h8-9,11,14-15H,6-7,10,12-13H2,1-5H3,(H,22,25). The molecule has 2 aliphatic rings. The van der Waals surface area contributed by atoms with Crippen molar-refractivity contribution in [1.29, 1.82) is 0 Å². The summed E-state index contributed by atoms with van der Waals surface area (Å²) in [4.78, 5) is 26.9. The molecule has 3 rings (SSSR count). The molecule has 7 nitrogen and oxygen atoms in total.